The minimum absolute atomic E-state index is 0.352. The fourth-order valence-corrected chi connectivity index (χ4v) is 1.80. The third kappa shape index (κ3) is 5.76. The molecule has 0 radical (unpaired) electrons. The van der Waals surface area contributed by atoms with E-state index in [1.807, 2.05) is 46.6 Å². The number of anilines is 2. The van der Waals surface area contributed by atoms with E-state index in [9.17, 15) is 9.59 Å². The van der Waals surface area contributed by atoms with Crippen LogP contribution in [-0.2, 0) is 0 Å². The van der Waals surface area contributed by atoms with E-state index >= 15 is 0 Å². The average Bonchev–Trinajstić information content (AvgIpc) is 2.50. The van der Waals surface area contributed by atoms with Gasteiger partial charge in [-0.1, -0.05) is 47.5 Å². The zero-order valence-corrected chi connectivity index (χ0v) is 14.3. The van der Waals surface area contributed by atoms with Gasteiger partial charge in [-0.3, -0.25) is 9.59 Å². The van der Waals surface area contributed by atoms with Gasteiger partial charge in [0.1, 0.15) is 11.4 Å². The second-order valence-corrected chi connectivity index (χ2v) is 4.04. The molecule has 0 heterocycles. The maximum absolute atomic E-state index is 11.4. The Morgan fingerprint density at radius 3 is 1.95 bits per heavy atom. The summed E-state index contributed by atoms with van der Waals surface area (Å²) in [6.45, 7) is 13.6. The molecule has 0 bridgehead atoms. The molecule has 0 spiro atoms. The van der Waals surface area contributed by atoms with Crippen molar-refractivity contribution in [2.45, 2.75) is 60.8 Å². The largest absolute Gasteiger partial charge is 0.380 e. The van der Waals surface area contributed by atoms with Crippen molar-refractivity contribution in [1.29, 1.82) is 0 Å². The Kier molecular flexibility index (Phi) is 13.3. The van der Waals surface area contributed by atoms with E-state index in [0.29, 0.717) is 17.9 Å². The standard InChI is InChI=1S/C12H20N2O2.2C2H6/c1-4-6-7-8-14(3)10-9(13-5-2)11(15)12(10)16;2*1-2/h13H,4-8H2,1-3H3;2*1-2H3. The lowest BCUT2D eigenvalue weighted by molar-refractivity contribution is 0.703. The number of hydrogen-bond acceptors (Lipinski definition) is 4. The van der Waals surface area contributed by atoms with Crippen molar-refractivity contribution in [1.82, 2.24) is 0 Å². The molecule has 1 N–H and O–H groups in total. The monoisotopic (exact) mass is 284 g/mol. The maximum atomic E-state index is 11.4. The van der Waals surface area contributed by atoms with E-state index in [4.69, 9.17) is 0 Å². The highest BCUT2D eigenvalue weighted by Crippen LogP contribution is 2.18. The Morgan fingerprint density at radius 2 is 1.50 bits per heavy atom. The van der Waals surface area contributed by atoms with E-state index in [2.05, 4.69) is 12.2 Å². The highest BCUT2D eigenvalue weighted by molar-refractivity contribution is 5.74. The highest BCUT2D eigenvalue weighted by Gasteiger charge is 2.22. The second kappa shape index (κ2) is 12.7. The molecule has 118 valence electrons. The van der Waals surface area contributed by atoms with E-state index in [1.54, 1.807) is 0 Å². The topological polar surface area (TPSA) is 49.4 Å². The molecule has 0 aromatic heterocycles. The summed E-state index contributed by atoms with van der Waals surface area (Å²) < 4.78 is 0. The van der Waals surface area contributed by atoms with Crippen LogP contribution < -0.4 is 21.1 Å². The van der Waals surface area contributed by atoms with Crippen LogP contribution in [0.3, 0.4) is 0 Å². The lowest BCUT2D eigenvalue weighted by Gasteiger charge is -2.23. The zero-order chi connectivity index (χ0) is 16.1. The van der Waals surface area contributed by atoms with Crippen molar-refractivity contribution >= 4 is 11.4 Å². The minimum Gasteiger partial charge on any atom is -0.380 e. The van der Waals surface area contributed by atoms with Crippen molar-refractivity contribution in [3.05, 3.63) is 20.4 Å². The Bertz CT molecular complexity index is 407. The summed E-state index contributed by atoms with van der Waals surface area (Å²) in [7, 11) is 1.87. The van der Waals surface area contributed by atoms with Gasteiger partial charge in [-0.15, -0.1) is 0 Å². The van der Waals surface area contributed by atoms with Crippen LogP contribution >= 0.6 is 0 Å². The Labute approximate surface area is 123 Å². The van der Waals surface area contributed by atoms with Crippen LogP contribution in [0.5, 0.6) is 0 Å². The molecule has 20 heavy (non-hydrogen) atoms. The second-order valence-electron chi connectivity index (χ2n) is 4.04. The van der Waals surface area contributed by atoms with E-state index in [1.165, 1.54) is 0 Å². The lowest BCUT2D eigenvalue weighted by Crippen LogP contribution is -2.41. The van der Waals surface area contributed by atoms with E-state index < -0.39 is 0 Å². The summed E-state index contributed by atoms with van der Waals surface area (Å²) in [5.74, 6) is 0. The van der Waals surface area contributed by atoms with Gasteiger partial charge >= 0.3 is 0 Å². The molecule has 0 aliphatic carbocycles. The molecule has 0 aliphatic heterocycles. The average molecular weight is 284 g/mol. The molecule has 0 fully saturated rings. The molecule has 1 aromatic rings. The smallest absolute Gasteiger partial charge is 0.253 e. The van der Waals surface area contributed by atoms with Gasteiger partial charge in [0, 0.05) is 20.1 Å². The third-order valence-electron chi connectivity index (χ3n) is 2.72. The van der Waals surface area contributed by atoms with Gasteiger partial charge < -0.3 is 10.2 Å². The van der Waals surface area contributed by atoms with Crippen LogP contribution in [0.15, 0.2) is 9.59 Å². The molecule has 0 atom stereocenters. The molecule has 1 rings (SSSR count). The van der Waals surface area contributed by atoms with Gasteiger partial charge in [0.15, 0.2) is 0 Å². The first-order valence-corrected chi connectivity index (χ1v) is 7.91. The molecule has 1 aromatic carbocycles. The number of rotatable bonds is 7. The molecule has 4 heteroatoms. The van der Waals surface area contributed by atoms with Gasteiger partial charge in [0.05, 0.1) is 0 Å². The first kappa shape index (κ1) is 21.0. The summed E-state index contributed by atoms with van der Waals surface area (Å²) in [5, 5.41) is 2.95. The van der Waals surface area contributed by atoms with Gasteiger partial charge in [-0.05, 0) is 13.3 Å². The third-order valence-corrected chi connectivity index (χ3v) is 2.72. The number of nitrogens with one attached hydrogen (secondary N) is 1. The summed E-state index contributed by atoms with van der Waals surface area (Å²) in [4.78, 5) is 24.6. The quantitative estimate of drug-likeness (QED) is 0.616. The van der Waals surface area contributed by atoms with Crippen molar-refractivity contribution in [2.24, 2.45) is 0 Å². The van der Waals surface area contributed by atoms with Crippen LogP contribution in [0.1, 0.15) is 60.8 Å². The molecule has 0 saturated heterocycles. The van der Waals surface area contributed by atoms with Gasteiger partial charge in [0.25, 0.3) is 10.9 Å². The van der Waals surface area contributed by atoms with Crippen molar-refractivity contribution < 1.29 is 0 Å². The number of unbranched alkanes of at least 4 members (excludes halogenated alkanes) is 2. The zero-order valence-electron chi connectivity index (χ0n) is 14.3. The lowest BCUT2D eigenvalue weighted by atomic mass is 10.1. The molecule has 0 aliphatic rings. The fourth-order valence-electron chi connectivity index (χ4n) is 1.80. The van der Waals surface area contributed by atoms with E-state index in [-0.39, 0.29) is 10.9 Å². The molecule has 0 amide bonds. The van der Waals surface area contributed by atoms with Gasteiger partial charge in [0.2, 0.25) is 0 Å². The maximum Gasteiger partial charge on any atom is 0.253 e. The summed E-state index contributed by atoms with van der Waals surface area (Å²) in [5.41, 5.74) is 0.323. The van der Waals surface area contributed by atoms with Crippen LogP contribution in [0.4, 0.5) is 11.4 Å². The molecule has 0 saturated carbocycles. The molecular formula is C16H32N2O2. The van der Waals surface area contributed by atoms with Crippen molar-refractivity contribution in [3.8, 4) is 0 Å². The molecular weight excluding hydrogens is 252 g/mol. The summed E-state index contributed by atoms with van der Waals surface area (Å²) >= 11 is 0. The van der Waals surface area contributed by atoms with Crippen LogP contribution in [0.2, 0.25) is 0 Å². The minimum atomic E-state index is -0.376. The van der Waals surface area contributed by atoms with Gasteiger partial charge in [-0.25, -0.2) is 0 Å². The fraction of sp³-hybridized carbons (Fsp3) is 0.750. The Hall–Kier alpha value is -1.32. The number of nitrogens with zero attached hydrogens (tertiary/aromatic N) is 1. The van der Waals surface area contributed by atoms with E-state index in [0.717, 1.165) is 25.8 Å². The predicted octanol–water partition coefficient (Wildman–Crippen LogP) is 3.39. The van der Waals surface area contributed by atoms with Crippen molar-refractivity contribution in [3.63, 3.8) is 0 Å². The predicted molar refractivity (Wildman–Crippen MR) is 91.0 cm³/mol. The summed E-state index contributed by atoms with van der Waals surface area (Å²) in [6.07, 6.45) is 3.35. The Balaban J connectivity index is 0. The van der Waals surface area contributed by atoms with Crippen LogP contribution in [0.25, 0.3) is 0 Å². The number of hydrogen-bond donors (Lipinski definition) is 1. The van der Waals surface area contributed by atoms with Crippen LogP contribution in [0, 0.1) is 0 Å². The molecule has 4 nitrogen and oxygen atoms in total. The van der Waals surface area contributed by atoms with Crippen molar-refractivity contribution in [2.75, 3.05) is 30.4 Å². The van der Waals surface area contributed by atoms with Crippen LogP contribution in [-0.4, -0.2) is 20.1 Å². The molecule has 0 unspecified atom stereocenters. The SMILES string of the molecule is CC.CC.CCCCCN(C)c1c(NCC)c(=O)c1=O. The normalized spacial score (nSPS) is 9.15. The first-order valence-electron chi connectivity index (χ1n) is 7.91. The Morgan fingerprint density at radius 1 is 0.950 bits per heavy atom. The first-order chi connectivity index (χ1) is 9.63. The van der Waals surface area contributed by atoms with Gasteiger partial charge in [-0.2, -0.15) is 0 Å². The highest BCUT2D eigenvalue weighted by atomic mass is 16.2. The summed E-state index contributed by atoms with van der Waals surface area (Å²) in [6, 6.07) is 0.